The maximum Gasteiger partial charge on any atom is 0.312 e. The summed E-state index contributed by atoms with van der Waals surface area (Å²) in [6, 6.07) is 15.3. The van der Waals surface area contributed by atoms with E-state index >= 15 is 0 Å². The van der Waals surface area contributed by atoms with Crippen molar-refractivity contribution in [1.29, 1.82) is 0 Å². The van der Waals surface area contributed by atoms with Crippen LogP contribution in [-0.4, -0.2) is 46.2 Å². The van der Waals surface area contributed by atoms with Crippen LogP contribution in [0.3, 0.4) is 0 Å². The second-order valence-corrected chi connectivity index (χ2v) is 7.82. The molecule has 0 spiro atoms. The number of aliphatic carboxylic acids is 1. The highest BCUT2D eigenvalue weighted by Gasteiger charge is 2.49. The van der Waals surface area contributed by atoms with Gasteiger partial charge in [0, 0.05) is 13.1 Å². The van der Waals surface area contributed by atoms with Crippen LogP contribution >= 0.6 is 0 Å². The van der Waals surface area contributed by atoms with Crippen LogP contribution in [0.1, 0.15) is 28.7 Å². The summed E-state index contributed by atoms with van der Waals surface area (Å²) in [5.74, 6) is -1.09. The Bertz CT molecular complexity index is 864. The van der Waals surface area contributed by atoms with Crippen molar-refractivity contribution < 1.29 is 19.8 Å². The molecule has 0 aliphatic carbocycles. The first-order valence-corrected chi connectivity index (χ1v) is 9.61. The van der Waals surface area contributed by atoms with Gasteiger partial charge in [-0.1, -0.05) is 48.5 Å². The van der Waals surface area contributed by atoms with E-state index < -0.39 is 17.5 Å². The first-order chi connectivity index (χ1) is 13.3. The molecule has 5 heteroatoms. The molecule has 3 rings (SSSR count). The largest absolute Gasteiger partial charge is 0.481 e. The van der Waals surface area contributed by atoms with Crippen molar-refractivity contribution >= 4 is 11.9 Å². The predicted molar refractivity (Wildman–Crippen MR) is 107 cm³/mol. The van der Waals surface area contributed by atoms with Crippen LogP contribution in [0.25, 0.3) is 0 Å². The summed E-state index contributed by atoms with van der Waals surface area (Å²) in [5, 5.41) is 20.6. The third-order valence-corrected chi connectivity index (χ3v) is 5.93. The fourth-order valence-electron chi connectivity index (χ4n) is 3.89. The van der Waals surface area contributed by atoms with Gasteiger partial charge in [-0.15, -0.1) is 0 Å². The molecule has 2 atom stereocenters. The molecule has 2 N–H and O–H groups in total. The molecule has 2 aromatic rings. The number of hydrogen-bond acceptors (Lipinski definition) is 3. The van der Waals surface area contributed by atoms with E-state index in [1.165, 1.54) is 5.56 Å². The van der Waals surface area contributed by atoms with E-state index in [0.717, 1.165) is 16.7 Å². The molecule has 28 heavy (non-hydrogen) atoms. The molecule has 1 aliphatic rings. The standard InChI is InChI=1S/C23H27NO4/c1-16-8-9-19(12-17(16)2)13-21(26)24-11-10-23(22(27)28,20(25)15-24)14-18-6-4-3-5-7-18/h3-9,12,20,25H,10-11,13-15H2,1-2H3,(H,27,28)/t20-,23+/m0/s1. The van der Waals surface area contributed by atoms with Gasteiger partial charge in [0.2, 0.25) is 5.91 Å². The average molecular weight is 381 g/mol. The third-order valence-electron chi connectivity index (χ3n) is 5.93. The van der Waals surface area contributed by atoms with Gasteiger partial charge in [-0.2, -0.15) is 0 Å². The van der Waals surface area contributed by atoms with Gasteiger partial charge >= 0.3 is 5.97 Å². The summed E-state index contributed by atoms with van der Waals surface area (Å²) in [6.45, 7) is 4.42. The normalized spacial score (nSPS) is 22.1. The number of likely N-dealkylation sites (tertiary alicyclic amines) is 1. The highest BCUT2D eigenvalue weighted by Crippen LogP contribution is 2.36. The smallest absolute Gasteiger partial charge is 0.312 e. The molecule has 0 unspecified atom stereocenters. The Labute approximate surface area is 165 Å². The summed E-state index contributed by atoms with van der Waals surface area (Å²) in [6.07, 6.45) is -0.365. The Morgan fingerprint density at radius 3 is 2.39 bits per heavy atom. The minimum atomic E-state index is -1.27. The molecule has 1 aliphatic heterocycles. The summed E-state index contributed by atoms with van der Waals surface area (Å²) >= 11 is 0. The Morgan fingerprint density at radius 2 is 1.79 bits per heavy atom. The summed E-state index contributed by atoms with van der Waals surface area (Å²) < 4.78 is 0. The van der Waals surface area contributed by atoms with Crippen molar-refractivity contribution in [1.82, 2.24) is 4.90 Å². The number of carboxylic acid groups (broad SMARTS) is 1. The molecule has 1 saturated heterocycles. The Balaban J connectivity index is 1.71. The molecule has 0 radical (unpaired) electrons. The van der Waals surface area contributed by atoms with Crippen LogP contribution in [0.2, 0.25) is 0 Å². The number of rotatable bonds is 5. The van der Waals surface area contributed by atoms with Crippen molar-refractivity contribution in [3.05, 3.63) is 70.8 Å². The van der Waals surface area contributed by atoms with E-state index in [-0.39, 0.29) is 31.7 Å². The van der Waals surface area contributed by atoms with Crippen LogP contribution in [0.15, 0.2) is 48.5 Å². The van der Waals surface area contributed by atoms with E-state index in [2.05, 4.69) is 0 Å². The third kappa shape index (κ3) is 4.09. The van der Waals surface area contributed by atoms with Gasteiger partial charge in [0.25, 0.3) is 0 Å². The first kappa shape index (κ1) is 20.1. The number of carbonyl (C=O) groups is 2. The second kappa shape index (κ2) is 8.15. The minimum absolute atomic E-state index is 0.0445. The fourth-order valence-corrected chi connectivity index (χ4v) is 3.89. The lowest BCUT2D eigenvalue weighted by Crippen LogP contribution is -2.57. The number of benzene rings is 2. The highest BCUT2D eigenvalue weighted by molar-refractivity contribution is 5.80. The Morgan fingerprint density at radius 1 is 1.07 bits per heavy atom. The van der Waals surface area contributed by atoms with Gasteiger partial charge in [-0.05, 0) is 48.9 Å². The molecule has 1 amide bonds. The maximum absolute atomic E-state index is 12.7. The van der Waals surface area contributed by atoms with E-state index in [1.54, 1.807) is 4.90 Å². The van der Waals surface area contributed by atoms with E-state index in [9.17, 15) is 19.8 Å². The fraction of sp³-hybridized carbons (Fsp3) is 0.391. The van der Waals surface area contributed by atoms with Crippen LogP contribution in [0.4, 0.5) is 0 Å². The monoisotopic (exact) mass is 381 g/mol. The van der Waals surface area contributed by atoms with Crippen molar-refractivity contribution in [3.8, 4) is 0 Å². The molecule has 0 saturated carbocycles. The Kier molecular flexibility index (Phi) is 5.84. The van der Waals surface area contributed by atoms with Crippen LogP contribution < -0.4 is 0 Å². The lowest BCUT2D eigenvalue weighted by atomic mass is 9.71. The molecular weight excluding hydrogens is 354 g/mol. The molecule has 148 valence electrons. The molecule has 2 aromatic carbocycles. The molecule has 0 bridgehead atoms. The van der Waals surface area contributed by atoms with Crippen molar-refractivity contribution in [2.75, 3.05) is 13.1 Å². The van der Waals surface area contributed by atoms with Gasteiger partial charge in [0.1, 0.15) is 5.41 Å². The number of hydrogen-bond donors (Lipinski definition) is 2. The lowest BCUT2D eigenvalue weighted by Gasteiger charge is -2.43. The quantitative estimate of drug-likeness (QED) is 0.835. The summed E-state index contributed by atoms with van der Waals surface area (Å²) in [4.78, 5) is 26.4. The zero-order valence-electron chi connectivity index (χ0n) is 16.4. The highest BCUT2D eigenvalue weighted by atomic mass is 16.4. The molecule has 0 aromatic heterocycles. The topological polar surface area (TPSA) is 77.8 Å². The zero-order valence-corrected chi connectivity index (χ0v) is 16.4. The van der Waals surface area contributed by atoms with Gasteiger partial charge in [0.15, 0.2) is 0 Å². The summed E-state index contributed by atoms with van der Waals surface area (Å²) in [7, 11) is 0. The van der Waals surface area contributed by atoms with Crippen molar-refractivity contribution in [3.63, 3.8) is 0 Å². The minimum Gasteiger partial charge on any atom is -0.481 e. The Hall–Kier alpha value is -2.66. The van der Waals surface area contributed by atoms with Crippen molar-refractivity contribution in [2.24, 2.45) is 5.41 Å². The SMILES string of the molecule is Cc1ccc(CC(=O)N2CC[C@](Cc3ccccc3)(C(=O)O)[C@@H](O)C2)cc1C. The molecule has 1 heterocycles. The number of piperidine rings is 1. The number of β-amino-alcohol motifs (C(OH)–C–C–N with tert-alkyl or cyclic N) is 1. The van der Waals surface area contributed by atoms with Gasteiger partial charge in [-0.3, -0.25) is 9.59 Å². The number of aryl methyl sites for hydroxylation is 2. The average Bonchev–Trinajstić information content (AvgIpc) is 2.67. The van der Waals surface area contributed by atoms with Gasteiger partial charge in [-0.25, -0.2) is 0 Å². The number of aliphatic hydroxyl groups is 1. The van der Waals surface area contributed by atoms with Gasteiger partial charge in [0.05, 0.1) is 12.5 Å². The van der Waals surface area contributed by atoms with Crippen molar-refractivity contribution in [2.45, 2.75) is 39.2 Å². The lowest BCUT2D eigenvalue weighted by molar-refractivity contribution is -0.165. The predicted octanol–water partition coefficient (Wildman–Crippen LogP) is 2.75. The number of carboxylic acids is 1. The zero-order chi connectivity index (χ0) is 20.3. The number of carbonyl (C=O) groups excluding carboxylic acids is 1. The van der Waals surface area contributed by atoms with Crippen LogP contribution in [-0.2, 0) is 22.4 Å². The van der Waals surface area contributed by atoms with E-state index in [0.29, 0.717) is 6.54 Å². The number of amides is 1. The van der Waals surface area contributed by atoms with E-state index in [1.807, 2.05) is 62.4 Å². The van der Waals surface area contributed by atoms with Crippen LogP contribution in [0, 0.1) is 19.3 Å². The number of aliphatic hydroxyl groups excluding tert-OH is 1. The molecular formula is C23H27NO4. The molecule has 5 nitrogen and oxygen atoms in total. The van der Waals surface area contributed by atoms with Gasteiger partial charge < -0.3 is 15.1 Å². The molecule has 1 fully saturated rings. The second-order valence-electron chi connectivity index (χ2n) is 7.82. The first-order valence-electron chi connectivity index (χ1n) is 9.61. The van der Waals surface area contributed by atoms with Crippen LogP contribution in [0.5, 0.6) is 0 Å². The van der Waals surface area contributed by atoms with E-state index in [4.69, 9.17) is 0 Å². The summed E-state index contributed by atoms with van der Waals surface area (Å²) in [5.41, 5.74) is 2.85. The maximum atomic E-state index is 12.7. The number of nitrogens with zero attached hydrogens (tertiary/aromatic N) is 1.